The fourth-order valence-corrected chi connectivity index (χ4v) is 2.50. The average Bonchev–Trinajstić information content (AvgIpc) is 2.92. The molecule has 1 unspecified atom stereocenters. The Labute approximate surface area is 123 Å². The molecule has 1 fully saturated rings. The third kappa shape index (κ3) is 4.60. The first-order valence-electron chi connectivity index (χ1n) is 7.39. The van der Waals surface area contributed by atoms with Crippen LogP contribution < -0.4 is 10.6 Å². The quantitative estimate of drug-likeness (QED) is 0.727. The highest BCUT2D eigenvalue weighted by Crippen LogP contribution is 2.17. The van der Waals surface area contributed by atoms with Crippen LogP contribution in [0, 0.1) is 6.92 Å². The summed E-state index contributed by atoms with van der Waals surface area (Å²) >= 11 is 0. The van der Waals surface area contributed by atoms with E-state index in [1.165, 1.54) is 6.42 Å². The number of rotatable bonds is 4. The third-order valence-electron chi connectivity index (χ3n) is 3.69. The van der Waals surface area contributed by atoms with Gasteiger partial charge in [-0.2, -0.15) is 0 Å². The van der Waals surface area contributed by atoms with Crippen LogP contribution >= 0.6 is 0 Å². The number of furan rings is 1. The van der Waals surface area contributed by atoms with E-state index in [1.807, 2.05) is 0 Å². The summed E-state index contributed by atoms with van der Waals surface area (Å²) in [5.41, 5.74) is 0. The summed E-state index contributed by atoms with van der Waals surface area (Å²) in [5, 5.41) is 15.0. The zero-order chi connectivity index (χ0) is 15.2. The molecule has 1 aromatic heterocycles. The van der Waals surface area contributed by atoms with Gasteiger partial charge in [-0.05, 0) is 31.9 Å². The average molecular weight is 294 g/mol. The van der Waals surface area contributed by atoms with Crippen LogP contribution in [-0.4, -0.2) is 29.5 Å². The van der Waals surface area contributed by atoms with Crippen molar-refractivity contribution in [2.75, 3.05) is 6.54 Å². The predicted molar refractivity (Wildman–Crippen MR) is 76.4 cm³/mol. The molecule has 21 heavy (non-hydrogen) atoms. The maximum absolute atomic E-state index is 11.7. The first kappa shape index (κ1) is 15.6. The van der Waals surface area contributed by atoms with Gasteiger partial charge in [0.05, 0.1) is 6.54 Å². The summed E-state index contributed by atoms with van der Waals surface area (Å²) in [6, 6.07) is 3.47. The number of hydrogen-bond donors (Lipinski definition) is 3. The van der Waals surface area contributed by atoms with E-state index >= 15 is 0 Å². The van der Waals surface area contributed by atoms with Gasteiger partial charge in [0.15, 0.2) is 0 Å². The molecule has 2 amide bonds. The minimum Gasteiger partial charge on any atom is -0.464 e. The molecule has 1 aromatic rings. The maximum atomic E-state index is 11.7. The molecule has 0 saturated heterocycles. The normalized spacial score (nSPS) is 17.2. The van der Waals surface area contributed by atoms with Crippen LogP contribution in [0.5, 0.6) is 0 Å². The lowest BCUT2D eigenvalue weighted by atomic mass is 9.95. The molecular formula is C15H22N2O4. The van der Waals surface area contributed by atoms with Crippen molar-refractivity contribution in [3.05, 3.63) is 23.7 Å². The summed E-state index contributed by atoms with van der Waals surface area (Å²) in [5.74, 6) is -0.293. The summed E-state index contributed by atoms with van der Waals surface area (Å²) in [7, 11) is 0. The van der Waals surface area contributed by atoms with E-state index < -0.39 is 17.9 Å². The maximum Gasteiger partial charge on any atom is 0.309 e. The Morgan fingerprint density at radius 2 is 2.00 bits per heavy atom. The number of aliphatic hydroxyl groups is 1. The lowest BCUT2D eigenvalue weighted by molar-refractivity contribution is -0.140. The van der Waals surface area contributed by atoms with Crippen LogP contribution in [0.2, 0.25) is 0 Å². The van der Waals surface area contributed by atoms with Crippen molar-refractivity contribution in [2.24, 2.45) is 0 Å². The molecule has 0 aromatic carbocycles. The second-order valence-corrected chi connectivity index (χ2v) is 5.48. The van der Waals surface area contributed by atoms with Crippen molar-refractivity contribution < 1.29 is 19.1 Å². The molecule has 0 aliphatic heterocycles. The molecule has 3 N–H and O–H groups in total. The van der Waals surface area contributed by atoms with Gasteiger partial charge in [0.2, 0.25) is 0 Å². The molecule has 0 bridgehead atoms. The lowest BCUT2D eigenvalue weighted by Crippen LogP contribution is -2.46. The van der Waals surface area contributed by atoms with Crippen LogP contribution in [0.4, 0.5) is 0 Å². The summed E-state index contributed by atoms with van der Waals surface area (Å²) in [4.78, 5) is 23.4. The largest absolute Gasteiger partial charge is 0.464 e. The number of carbonyl (C=O) groups excluding carboxylic acids is 2. The van der Waals surface area contributed by atoms with Crippen LogP contribution in [0.3, 0.4) is 0 Å². The number of aliphatic hydroxyl groups excluding tert-OH is 1. The number of hydrogen-bond acceptors (Lipinski definition) is 4. The highest BCUT2D eigenvalue weighted by Gasteiger charge is 2.21. The topological polar surface area (TPSA) is 91.6 Å². The van der Waals surface area contributed by atoms with E-state index in [2.05, 4.69) is 10.6 Å². The van der Waals surface area contributed by atoms with Gasteiger partial charge in [0.25, 0.3) is 0 Å². The highest BCUT2D eigenvalue weighted by atomic mass is 16.4. The lowest BCUT2D eigenvalue weighted by Gasteiger charge is -2.22. The van der Waals surface area contributed by atoms with E-state index in [1.54, 1.807) is 19.1 Å². The van der Waals surface area contributed by atoms with E-state index in [9.17, 15) is 14.7 Å². The standard InChI is InChI=1S/C15H22N2O4/c1-10-7-8-13(21-10)12(18)9-16-14(19)15(20)17-11-5-3-2-4-6-11/h7-8,11-12,18H,2-6,9H2,1H3,(H,16,19)(H,17,20). The molecule has 0 spiro atoms. The molecule has 2 rings (SSSR count). The third-order valence-corrected chi connectivity index (χ3v) is 3.69. The van der Waals surface area contributed by atoms with Crippen molar-refractivity contribution in [1.29, 1.82) is 0 Å². The smallest absolute Gasteiger partial charge is 0.309 e. The van der Waals surface area contributed by atoms with E-state index in [-0.39, 0.29) is 12.6 Å². The number of aryl methyl sites for hydroxylation is 1. The minimum atomic E-state index is -0.954. The first-order chi connectivity index (χ1) is 10.1. The fraction of sp³-hybridized carbons (Fsp3) is 0.600. The Hall–Kier alpha value is -1.82. The Morgan fingerprint density at radius 1 is 1.29 bits per heavy atom. The summed E-state index contributed by atoms with van der Waals surface area (Å²) in [6.07, 6.45) is 4.25. The second kappa shape index (κ2) is 7.26. The summed E-state index contributed by atoms with van der Waals surface area (Å²) in [6.45, 7) is 1.72. The molecule has 1 atom stereocenters. The van der Waals surface area contributed by atoms with Crippen molar-refractivity contribution in [3.8, 4) is 0 Å². The van der Waals surface area contributed by atoms with E-state index in [0.717, 1.165) is 25.7 Å². The summed E-state index contributed by atoms with van der Waals surface area (Å²) < 4.78 is 5.26. The van der Waals surface area contributed by atoms with Crippen molar-refractivity contribution in [2.45, 2.75) is 51.2 Å². The van der Waals surface area contributed by atoms with Gasteiger partial charge in [0, 0.05) is 6.04 Å². The van der Waals surface area contributed by atoms with E-state index in [4.69, 9.17) is 4.42 Å². The first-order valence-corrected chi connectivity index (χ1v) is 7.39. The van der Waals surface area contributed by atoms with Gasteiger partial charge in [-0.1, -0.05) is 19.3 Å². The Bertz CT molecular complexity index is 492. The minimum absolute atomic E-state index is 0.0517. The molecule has 6 heteroatoms. The number of nitrogens with one attached hydrogen (secondary N) is 2. The van der Waals surface area contributed by atoms with Gasteiger partial charge < -0.3 is 20.2 Å². The zero-order valence-corrected chi connectivity index (χ0v) is 12.2. The fourth-order valence-electron chi connectivity index (χ4n) is 2.50. The van der Waals surface area contributed by atoms with Crippen LogP contribution in [-0.2, 0) is 9.59 Å². The van der Waals surface area contributed by atoms with Gasteiger partial charge in [-0.25, -0.2) is 0 Å². The molecule has 1 saturated carbocycles. The van der Waals surface area contributed by atoms with Crippen molar-refractivity contribution >= 4 is 11.8 Å². The van der Waals surface area contributed by atoms with Crippen LogP contribution in [0.25, 0.3) is 0 Å². The van der Waals surface area contributed by atoms with E-state index in [0.29, 0.717) is 11.5 Å². The molecule has 6 nitrogen and oxygen atoms in total. The monoisotopic (exact) mass is 294 g/mol. The van der Waals surface area contributed by atoms with Gasteiger partial charge in [-0.3, -0.25) is 9.59 Å². The molecule has 1 aliphatic rings. The van der Waals surface area contributed by atoms with Crippen molar-refractivity contribution in [1.82, 2.24) is 10.6 Å². The molecular weight excluding hydrogens is 272 g/mol. The Kier molecular flexibility index (Phi) is 5.38. The highest BCUT2D eigenvalue weighted by molar-refractivity contribution is 6.35. The van der Waals surface area contributed by atoms with Gasteiger partial charge in [-0.15, -0.1) is 0 Å². The molecule has 1 heterocycles. The van der Waals surface area contributed by atoms with Crippen LogP contribution in [0.1, 0.15) is 49.7 Å². The van der Waals surface area contributed by atoms with Gasteiger partial charge in [0.1, 0.15) is 17.6 Å². The Morgan fingerprint density at radius 3 is 2.62 bits per heavy atom. The zero-order valence-electron chi connectivity index (χ0n) is 12.2. The molecule has 1 aliphatic carbocycles. The van der Waals surface area contributed by atoms with Crippen molar-refractivity contribution in [3.63, 3.8) is 0 Å². The van der Waals surface area contributed by atoms with Crippen LogP contribution in [0.15, 0.2) is 16.5 Å². The SMILES string of the molecule is Cc1ccc(C(O)CNC(=O)C(=O)NC2CCCCC2)o1. The number of carbonyl (C=O) groups is 2. The van der Waals surface area contributed by atoms with Gasteiger partial charge >= 0.3 is 11.8 Å². The molecule has 0 radical (unpaired) electrons. The predicted octanol–water partition coefficient (Wildman–Crippen LogP) is 1.19. The second-order valence-electron chi connectivity index (χ2n) is 5.48. The molecule has 116 valence electrons. The Balaban J connectivity index is 1.74. The number of amides is 2.